The molecule has 0 heterocycles. The third-order valence-electron chi connectivity index (χ3n) is 5.26. The summed E-state index contributed by atoms with van der Waals surface area (Å²) in [6.45, 7) is 29.1. The van der Waals surface area contributed by atoms with Crippen LogP contribution in [0.1, 0.15) is 95.9 Å². The van der Waals surface area contributed by atoms with Gasteiger partial charge in [0.05, 0.1) is 24.4 Å². The van der Waals surface area contributed by atoms with Gasteiger partial charge in [-0.15, -0.1) is 0 Å². The molecule has 0 aromatic heterocycles. The number of hydrogen-bond donors (Lipinski definition) is 1. The number of ether oxygens (including phenoxy) is 2. The van der Waals surface area contributed by atoms with Gasteiger partial charge in [-0.2, -0.15) is 0 Å². The third-order valence-corrected chi connectivity index (χ3v) is 5.26. The molecule has 0 saturated heterocycles. The van der Waals surface area contributed by atoms with Gasteiger partial charge in [-0.1, -0.05) is 41.5 Å². The summed E-state index contributed by atoms with van der Waals surface area (Å²) >= 11 is 0. The Morgan fingerprint density at radius 1 is 0.640 bits per heavy atom. The van der Waals surface area contributed by atoms with Crippen molar-refractivity contribution in [3.63, 3.8) is 0 Å². The number of nitrogens with one attached hydrogen (secondary N) is 1. The summed E-state index contributed by atoms with van der Waals surface area (Å²) in [5.74, 6) is 0. The molecule has 0 saturated carbocycles. The molecule has 152 valence electrons. The molecule has 3 heteroatoms. The van der Waals surface area contributed by atoms with E-state index in [2.05, 4.69) is 88.4 Å². The third kappa shape index (κ3) is 11.2. The average molecular weight is 358 g/mol. The van der Waals surface area contributed by atoms with Gasteiger partial charge in [0.2, 0.25) is 0 Å². The molecule has 1 N–H and O–H groups in total. The first kappa shape index (κ1) is 24.9. The summed E-state index contributed by atoms with van der Waals surface area (Å²) < 4.78 is 12.3. The van der Waals surface area contributed by atoms with Crippen molar-refractivity contribution < 1.29 is 9.47 Å². The van der Waals surface area contributed by atoms with Crippen LogP contribution >= 0.6 is 0 Å². The van der Waals surface area contributed by atoms with E-state index in [9.17, 15) is 0 Å². The molecule has 0 spiro atoms. The van der Waals surface area contributed by atoms with Crippen molar-refractivity contribution in [3.8, 4) is 0 Å². The van der Waals surface area contributed by atoms with Crippen molar-refractivity contribution in [3.05, 3.63) is 0 Å². The molecule has 0 atom stereocenters. The Balaban J connectivity index is 4.24. The molecule has 0 amide bonds. The Hall–Kier alpha value is -0.120. The summed E-state index contributed by atoms with van der Waals surface area (Å²) in [6, 6.07) is 0. The van der Waals surface area contributed by atoms with Gasteiger partial charge in [-0.25, -0.2) is 0 Å². The molecule has 0 aromatic carbocycles. The molecule has 0 aliphatic heterocycles. The highest BCUT2D eigenvalue weighted by Crippen LogP contribution is 2.29. The molecule has 0 unspecified atom stereocenters. The maximum atomic E-state index is 6.18. The molecule has 0 rings (SSSR count). The highest BCUT2D eigenvalue weighted by atomic mass is 16.5. The van der Waals surface area contributed by atoms with Gasteiger partial charge in [0.15, 0.2) is 0 Å². The van der Waals surface area contributed by atoms with Crippen LogP contribution in [0.5, 0.6) is 0 Å². The Morgan fingerprint density at radius 3 is 1.56 bits per heavy atom. The van der Waals surface area contributed by atoms with Gasteiger partial charge in [0.1, 0.15) is 0 Å². The van der Waals surface area contributed by atoms with E-state index in [1.807, 2.05) is 0 Å². The van der Waals surface area contributed by atoms with Crippen LogP contribution in [0.2, 0.25) is 0 Å². The fourth-order valence-electron chi connectivity index (χ4n) is 2.07. The van der Waals surface area contributed by atoms with E-state index in [-0.39, 0.29) is 27.6 Å². The highest BCUT2D eigenvalue weighted by Gasteiger charge is 2.32. The van der Waals surface area contributed by atoms with Crippen LogP contribution in [-0.4, -0.2) is 36.5 Å². The summed E-state index contributed by atoms with van der Waals surface area (Å²) in [5.41, 5.74) is 0.262. The van der Waals surface area contributed by atoms with Crippen molar-refractivity contribution in [2.24, 2.45) is 10.8 Å². The first-order valence-electron chi connectivity index (χ1n) is 9.90. The molecule has 0 aliphatic carbocycles. The first-order chi connectivity index (χ1) is 10.9. The zero-order valence-corrected chi connectivity index (χ0v) is 19.4. The summed E-state index contributed by atoms with van der Waals surface area (Å²) in [5, 5.41) is 3.69. The van der Waals surface area contributed by atoms with Crippen LogP contribution in [0.25, 0.3) is 0 Å². The molecule has 3 nitrogen and oxygen atoms in total. The van der Waals surface area contributed by atoms with Crippen LogP contribution in [0.15, 0.2) is 0 Å². The summed E-state index contributed by atoms with van der Waals surface area (Å²) in [7, 11) is 0. The van der Waals surface area contributed by atoms with Crippen LogP contribution in [-0.2, 0) is 9.47 Å². The zero-order chi connectivity index (χ0) is 20.2. The minimum Gasteiger partial charge on any atom is -0.375 e. The first-order valence-corrected chi connectivity index (χ1v) is 9.90. The van der Waals surface area contributed by atoms with E-state index in [1.54, 1.807) is 0 Å². The van der Waals surface area contributed by atoms with Gasteiger partial charge in [0, 0.05) is 5.54 Å². The predicted molar refractivity (Wildman–Crippen MR) is 110 cm³/mol. The molecule has 0 bridgehead atoms. The Labute approximate surface area is 158 Å². The topological polar surface area (TPSA) is 30.5 Å². The summed E-state index contributed by atoms with van der Waals surface area (Å²) in [6.07, 6.45) is 1.91. The van der Waals surface area contributed by atoms with Crippen molar-refractivity contribution in [2.75, 3.05) is 19.8 Å². The maximum absolute atomic E-state index is 6.18. The fourth-order valence-corrected chi connectivity index (χ4v) is 2.07. The van der Waals surface area contributed by atoms with Crippen molar-refractivity contribution in [1.29, 1.82) is 0 Å². The lowest BCUT2D eigenvalue weighted by Crippen LogP contribution is -2.51. The van der Waals surface area contributed by atoms with E-state index < -0.39 is 0 Å². The van der Waals surface area contributed by atoms with Crippen molar-refractivity contribution in [2.45, 2.75) is 113 Å². The van der Waals surface area contributed by atoms with E-state index in [0.717, 1.165) is 32.6 Å². The second-order valence-electron chi connectivity index (χ2n) is 11.5. The van der Waals surface area contributed by atoms with Crippen LogP contribution in [0.4, 0.5) is 0 Å². The molecule has 0 radical (unpaired) electrons. The Bertz CT molecular complexity index is 384. The molecule has 0 aromatic rings. The van der Waals surface area contributed by atoms with Crippen LogP contribution in [0, 0.1) is 10.8 Å². The fraction of sp³-hybridized carbons (Fsp3) is 1.00. The van der Waals surface area contributed by atoms with E-state index in [0.29, 0.717) is 0 Å². The normalized spacial score (nSPS) is 14.9. The van der Waals surface area contributed by atoms with Crippen LogP contribution in [0.3, 0.4) is 0 Å². The quantitative estimate of drug-likeness (QED) is 0.534. The average Bonchev–Trinajstić information content (AvgIpc) is 2.33. The van der Waals surface area contributed by atoms with Gasteiger partial charge in [-0.3, -0.25) is 0 Å². The maximum Gasteiger partial charge on any atom is 0.0648 e. The lowest BCUT2D eigenvalue weighted by molar-refractivity contribution is -0.0892. The van der Waals surface area contributed by atoms with Crippen molar-refractivity contribution in [1.82, 2.24) is 5.32 Å². The monoisotopic (exact) mass is 357 g/mol. The second kappa shape index (κ2) is 8.71. The van der Waals surface area contributed by atoms with Gasteiger partial charge < -0.3 is 14.8 Å². The van der Waals surface area contributed by atoms with Gasteiger partial charge >= 0.3 is 0 Å². The largest absolute Gasteiger partial charge is 0.375 e. The highest BCUT2D eigenvalue weighted by molar-refractivity contribution is 4.90. The van der Waals surface area contributed by atoms with Gasteiger partial charge in [-0.05, 0) is 71.8 Å². The van der Waals surface area contributed by atoms with E-state index in [4.69, 9.17) is 9.47 Å². The Kier molecular flexibility index (Phi) is 8.67. The second-order valence-corrected chi connectivity index (χ2v) is 11.5. The van der Waals surface area contributed by atoms with E-state index >= 15 is 0 Å². The lowest BCUT2D eigenvalue weighted by atomic mass is 9.76. The molecular formula is C22H47NO2. The van der Waals surface area contributed by atoms with Gasteiger partial charge in [0.25, 0.3) is 0 Å². The molecule has 25 heavy (non-hydrogen) atoms. The SMILES string of the molecule is CC(C)(C)COC(C)(C)CCOC(C)(C)CCNC(C)(C)C(C)(C)C. The van der Waals surface area contributed by atoms with Crippen LogP contribution < -0.4 is 5.32 Å². The minimum atomic E-state index is -0.143. The molecule has 0 aliphatic rings. The number of rotatable bonds is 10. The van der Waals surface area contributed by atoms with E-state index in [1.165, 1.54) is 0 Å². The summed E-state index contributed by atoms with van der Waals surface area (Å²) in [4.78, 5) is 0. The predicted octanol–water partition coefficient (Wildman–Crippen LogP) is 5.82. The molecule has 0 fully saturated rings. The number of hydrogen-bond acceptors (Lipinski definition) is 3. The zero-order valence-electron chi connectivity index (χ0n) is 19.4. The minimum absolute atomic E-state index is 0.103. The lowest BCUT2D eigenvalue weighted by Gasteiger charge is -2.40. The molecular weight excluding hydrogens is 310 g/mol. The smallest absolute Gasteiger partial charge is 0.0648 e. The van der Waals surface area contributed by atoms with Crippen molar-refractivity contribution >= 4 is 0 Å². The Morgan fingerprint density at radius 2 is 1.12 bits per heavy atom. The standard InChI is InChI=1S/C22H47NO2/c1-18(2,3)17-25-21(9,10)14-16-24-20(7,8)13-15-23-22(11,12)19(4,5)6/h23H,13-17H2,1-12H3.